The lowest BCUT2D eigenvalue weighted by atomic mass is 10.1. The van der Waals surface area contributed by atoms with E-state index in [4.69, 9.17) is 0 Å². The number of alkyl halides is 3. The number of carbonyl (C=O) groups excluding carboxylic acids is 1. The summed E-state index contributed by atoms with van der Waals surface area (Å²) in [6.45, 7) is -2.09. The molecule has 0 unspecified atom stereocenters. The number of nitrogens with zero attached hydrogens (tertiary/aromatic N) is 1. The van der Waals surface area contributed by atoms with E-state index in [0.29, 0.717) is 12.1 Å². The largest absolute Gasteiger partial charge is 0.411 e. The smallest absolute Gasteiger partial charge is 0.362 e. The molecule has 136 valence electrons. The predicted octanol–water partition coefficient (Wildman–Crippen LogP) is 4.40. The first-order valence-corrected chi connectivity index (χ1v) is 8.58. The monoisotopic (exact) mass is 380 g/mol. The van der Waals surface area contributed by atoms with Crippen LogP contribution in [0.4, 0.5) is 18.9 Å². The van der Waals surface area contributed by atoms with Gasteiger partial charge in [0.05, 0.1) is 15.2 Å². The van der Waals surface area contributed by atoms with Gasteiger partial charge in [-0.1, -0.05) is 24.3 Å². The van der Waals surface area contributed by atoms with Crippen molar-refractivity contribution in [1.82, 2.24) is 4.98 Å². The molecule has 0 aliphatic heterocycles. The van der Waals surface area contributed by atoms with Gasteiger partial charge in [0, 0.05) is 12.1 Å². The molecule has 1 aromatic heterocycles. The second-order valence-corrected chi connectivity index (χ2v) is 6.72. The fraction of sp³-hybridized carbons (Fsp3) is 0.222. The molecule has 0 saturated carbocycles. The van der Waals surface area contributed by atoms with Crippen molar-refractivity contribution in [3.8, 4) is 0 Å². The molecule has 0 saturated heterocycles. The highest BCUT2D eigenvalue weighted by atomic mass is 32.1. The minimum Gasteiger partial charge on any atom is -0.362 e. The maximum Gasteiger partial charge on any atom is 0.411 e. The molecule has 1 heterocycles. The number of carbonyl (C=O) groups is 1. The van der Waals surface area contributed by atoms with E-state index >= 15 is 0 Å². The second-order valence-electron chi connectivity index (χ2n) is 5.61. The molecule has 1 N–H and O–H groups in total. The van der Waals surface area contributed by atoms with E-state index in [-0.39, 0.29) is 0 Å². The fourth-order valence-electron chi connectivity index (χ4n) is 2.33. The Kier molecular flexibility index (Phi) is 5.53. The summed E-state index contributed by atoms with van der Waals surface area (Å²) in [7, 11) is 0. The van der Waals surface area contributed by atoms with Crippen molar-refractivity contribution >= 4 is 33.1 Å². The van der Waals surface area contributed by atoms with Crippen molar-refractivity contribution in [2.24, 2.45) is 0 Å². The van der Waals surface area contributed by atoms with Crippen molar-refractivity contribution < 1.29 is 22.7 Å². The summed E-state index contributed by atoms with van der Waals surface area (Å²) in [6.07, 6.45) is -3.77. The number of rotatable bonds is 6. The number of aromatic nitrogens is 1. The van der Waals surface area contributed by atoms with E-state index in [1.807, 2.05) is 36.4 Å². The highest BCUT2D eigenvalue weighted by Gasteiger charge is 2.27. The van der Waals surface area contributed by atoms with Crippen molar-refractivity contribution in [3.63, 3.8) is 0 Å². The summed E-state index contributed by atoms with van der Waals surface area (Å²) in [5.41, 5.74) is 2.49. The molecule has 2 aromatic carbocycles. The lowest BCUT2D eigenvalue weighted by Gasteiger charge is -2.08. The lowest BCUT2D eigenvalue weighted by Crippen LogP contribution is -2.23. The fourth-order valence-corrected chi connectivity index (χ4v) is 3.33. The standard InChI is InChI=1S/C18H15F3N2O2S/c19-18(20,21)11-25-10-16(24)22-13-7-5-12(6-8-13)9-17-23-14-3-1-2-4-15(14)26-17/h1-8H,9-11H2,(H,22,24). The van der Waals surface area contributed by atoms with Gasteiger partial charge in [-0.15, -0.1) is 11.3 Å². The summed E-state index contributed by atoms with van der Waals surface area (Å²) >= 11 is 1.63. The van der Waals surface area contributed by atoms with Gasteiger partial charge in [0.2, 0.25) is 5.91 Å². The SMILES string of the molecule is O=C(COCC(F)(F)F)Nc1ccc(Cc2nc3ccccc3s2)cc1. The summed E-state index contributed by atoms with van der Waals surface area (Å²) in [4.78, 5) is 16.1. The molecular formula is C18H15F3N2O2S. The third-order valence-electron chi connectivity index (χ3n) is 3.43. The number of amides is 1. The molecule has 0 fully saturated rings. The zero-order valence-corrected chi connectivity index (χ0v) is 14.4. The van der Waals surface area contributed by atoms with Gasteiger partial charge in [0.1, 0.15) is 13.2 Å². The number of para-hydroxylation sites is 1. The van der Waals surface area contributed by atoms with E-state index in [1.54, 1.807) is 23.5 Å². The van der Waals surface area contributed by atoms with Crippen LogP contribution in [-0.4, -0.2) is 30.3 Å². The van der Waals surface area contributed by atoms with Gasteiger partial charge < -0.3 is 10.1 Å². The van der Waals surface area contributed by atoms with Crippen LogP contribution in [0.25, 0.3) is 10.2 Å². The van der Waals surface area contributed by atoms with Crippen molar-refractivity contribution in [3.05, 3.63) is 59.1 Å². The van der Waals surface area contributed by atoms with Crippen LogP contribution in [0.5, 0.6) is 0 Å². The number of hydrogen-bond acceptors (Lipinski definition) is 4. The van der Waals surface area contributed by atoms with Crippen molar-refractivity contribution in [2.75, 3.05) is 18.5 Å². The van der Waals surface area contributed by atoms with Crippen LogP contribution >= 0.6 is 11.3 Å². The quantitative estimate of drug-likeness (QED) is 0.689. The summed E-state index contributed by atoms with van der Waals surface area (Å²) in [5.74, 6) is -0.631. The minimum absolute atomic E-state index is 0.499. The van der Waals surface area contributed by atoms with Crippen molar-refractivity contribution in [1.29, 1.82) is 0 Å². The third-order valence-corrected chi connectivity index (χ3v) is 4.47. The Bertz CT molecular complexity index is 858. The van der Waals surface area contributed by atoms with Crippen molar-refractivity contribution in [2.45, 2.75) is 12.6 Å². The molecule has 8 heteroatoms. The Labute approximate surface area is 151 Å². The Morgan fingerprint density at radius 1 is 1.12 bits per heavy atom. The van der Waals surface area contributed by atoms with Gasteiger partial charge in [0.25, 0.3) is 0 Å². The molecule has 1 amide bonds. The van der Waals surface area contributed by atoms with E-state index in [0.717, 1.165) is 20.8 Å². The van der Waals surface area contributed by atoms with E-state index < -0.39 is 25.3 Å². The molecule has 0 radical (unpaired) electrons. The first-order valence-electron chi connectivity index (χ1n) is 7.77. The summed E-state index contributed by atoms with van der Waals surface area (Å²) < 4.78 is 41.3. The summed E-state index contributed by atoms with van der Waals surface area (Å²) in [6, 6.07) is 15.0. The van der Waals surface area contributed by atoms with Crippen LogP contribution in [0.2, 0.25) is 0 Å². The zero-order chi connectivity index (χ0) is 18.6. The normalized spacial score (nSPS) is 11.7. The first kappa shape index (κ1) is 18.3. The molecule has 3 rings (SSSR count). The Balaban J connectivity index is 1.54. The van der Waals surface area contributed by atoms with Gasteiger partial charge in [-0.25, -0.2) is 4.98 Å². The molecule has 26 heavy (non-hydrogen) atoms. The molecule has 3 aromatic rings. The molecular weight excluding hydrogens is 365 g/mol. The van der Waals surface area contributed by atoms with Gasteiger partial charge in [-0.3, -0.25) is 4.79 Å². The van der Waals surface area contributed by atoms with Crippen LogP contribution in [0, 0.1) is 0 Å². The Hall–Kier alpha value is -2.45. The number of nitrogens with one attached hydrogen (secondary N) is 1. The Morgan fingerprint density at radius 3 is 2.54 bits per heavy atom. The predicted molar refractivity (Wildman–Crippen MR) is 94.4 cm³/mol. The number of anilines is 1. The lowest BCUT2D eigenvalue weighted by molar-refractivity contribution is -0.174. The number of fused-ring (bicyclic) bond motifs is 1. The molecule has 0 atom stereocenters. The number of hydrogen-bond donors (Lipinski definition) is 1. The molecule has 0 aliphatic rings. The van der Waals surface area contributed by atoms with E-state index in [9.17, 15) is 18.0 Å². The van der Waals surface area contributed by atoms with Crippen LogP contribution in [0.15, 0.2) is 48.5 Å². The van der Waals surface area contributed by atoms with Crippen LogP contribution in [-0.2, 0) is 16.0 Å². The second kappa shape index (κ2) is 7.84. The average molecular weight is 380 g/mol. The van der Waals surface area contributed by atoms with Crippen LogP contribution < -0.4 is 5.32 Å². The highest BCUT2D eigenvalue weighted by molar-refractivity contribution is 7.18. The molecule has 0 aliphatic carbocycles. The number of benzene rings is 2. The number of thiazole rings is 1. The third kappa shape index (κ3) is 5.27. The van der Waals surface area contributed by atoms with E-state index in [2.05, 4.69) is 15.0 Å². The average Bonchev–Trinajstić information content (AvgIpc) is 2.97. The number of halogens is 3. The molecule has 0 spiro atoms. The Morgan fingerprint density at radius 2 is 1.85 bits per heavy atom. The number of ether oxygens (including phenoxy) is 1. The first-order chi connectivity index (χ1) is 12.4. The molecule has 0 bridgehead atoms. The van der Waals surface area contributed by atoms with Gasteiger partial charge in [0.15, 0.2) is 0 Å². The topological polar surface area (TPSA) is 51.2 Å². The maximum absolute atomic E-state index is 12.0. The van der Waals surface area contributed by atoms with Gasteiger partial charge in [-0.2, -0.15) is 13.2 Å². The maximum atomic E-state index is 12.0. The van der Waals surface area contributed by atoms with Crippen LogP contribution in [0.1, 0.15) is 10.6 Å². The van der Waals surface area contributed by atoms with Gasteiger partial charge >= 0.3 is 6.18 Å². The minimum atomic E-state index is -4.44. The highest BCUT2D eigenvalue weighted by Crippen LogP contribution is 2.24. The van der Waals surface area contributed by atoms with E-state index in [1.165, 1.54) is 0 Å². The van der Waals surface area contributed by atoms with Gasteiger partial charge in [-0.05, 0) is 29.8 Å². The summed E-state index contributed by atoms with van der Waals surface area (Å²) in [5, 5.41) is 3.49. The molecule has 4 nitrogen and oxygen atoms in total. The van der Waals surface area contributed by atoms with Crippen LogP contribution in [0.3, 0.4) is 0 Å². The zero-order valence-electron chi connectivity index (χ0n) is 13.5.